The van der Waals surface area contributed by atoms with E-state index < -0.39 is 0 Å². The summed E-state index contributed by atoms with van der Waals surface area (Å²) in [7, 11) is 1.41. The predicted octanol–water partition coefficient (Wildman–Crippen LogP) is 3.93. The average molecular weight is 356 g/mol. The van der Waals surface area contributed by atoms with Crippen molar-refractivity contribution in [1.29, 1.82) is 0 Å². The maximum Gasteiger partial charge on any atom is 0.338 e. The fourth-order valence-corrected chi connectivity index (χ4v) is 2.36. The van der Waals surface area contributed by atoms with Gasteiger partial charge in [-0.05, 0) is 32.8 Å². The molecular weight excluding hydrogens is 330 g/mol. The first-order valence-electron chi connectivity index (χ1n) is 7.02. The standard InChI is InChI=1S/C17H26BrNO2/c1-6-14(4)19-11-9-8-10-13(3)16(17(20)21-5)15(7-2)12-18/h6-9,14,19H,1,10-12H2,2-5H3/b9-8+,15-7+,16-13+. The van der Waals surface area contributed by atoms with Crippen molar-refractivity contribution in [3.63, 3.8) is 0 Å². The number of esters is 1. The second-order valence-corrected chi connectivity index (χ2v) is 5.26. The lowest BCUT2D eigenvalue weighted by Crippen LogP contribution is -2.23. The van der Waals surface area contributed by atoms with Crippen LogP contribution in [0.25, 0.3) is 0 Å². The molecule has 0 aliphatic heterocycles. The fraction of sp³-hybridized carbons (Fsp3) is 0.471. The van der Waals surface area contributed by atoms with Gasteiger partial charge in [0, 0.05) is 17.9 Å². The van der Waals surface area contributed by atoms with Gasteiger partial charge in [-0.3, -0.25) is 0 Å². The summed E-state index contributed by atoms with van der Waals surface area (Å²) >= 11 is 3.41. The summed E-state index contributed by atoms with van der Waals surface area (Å²) in [6.07, 6.45) is 8.63. The molecule has 0 fully saturated rings. The molecule has 0 rings (SSSR count). The van der Waals surface area contributed by atoms with Crippen LogP contribution >= 0.6 is 15.9 Å². The molecule has 0 heterocycles. The van der Waals surface area contributed by atoms with E-state index in [-0.39, 0.29) is 5.97 Å². The molecule has 1 unspecified atom stereocenters. The molecule has 0 spiro atoms. The molecule has 0 radical (unpaired) electrons. The van der Waals surface area contributed by atoms with Crippen LogP contribution in [-0.4, -0.2) is 31.0 Å². The van der Waals surface area contributed by atoms with Crippen molar-refractivity contribution >= 4 is 21.9 Å². The maximum atomic E-state index is 11.9. The van der Waals surface area contributed by atoms with Crippen LogP contribution in [0.3, 0.4) is 0 Å². The largest absolute Gasteiger partial charge is 0.465 e. The topological polar surface area (TPSA) is 38.3 Å². The highest BCUT2D eigenvalue weighted by molar-refractivity contribution is 9.09. The third-order valence-corrected chi connectivity index (χ3v) is 3.74. The summed E-state index contributed by atoms with van der Waals surface area (Å²) in [6, 6.07) is 0.292. The smallest absolute Gasteiger partial charge is 0.338 e. The Bertz CT molecular complexity index is 436. The number of allylic oxidation sites excluding steroid dienone is 3. The minimum atomic E-state index is -0.285. The number of carbonyl (C=O) groups is 1. The van der Waals surface area contributed by atoms with Crippen LogP contribution in [-0.2, 0) is 9.53 Å². The summed E-state index contributed by atoms with van der Waals surface area (Å²) in [5, 5.41) is 3.92. The molecule has 21 heavy (non-hydrogen) atoms. The average Bonchev–Trinajstić information content (AvgIpc) is 2.50. The Hall–Kier alpha value is -1.13. The summed E-state index contributed by atoms with van der Waals surface area (Å²) in [6.45, 7) is 10.4. The van der Waals surface area contributed by atoms with Gasteiger partial charge >= 0.3 is 5.97 Å². The molecule has 0 bridgehead atoms. The Morgan fingerprint density at radius 2 is 2.10 bits per heavy atom. The third kappa shape index (κ3) is 7.44. The number of methoxy groups -OCH3 is 1. The van der Waals surface area contributed by atoms with Gasteiger partial charge in [-0.1, -0.05) is 45.8 Å². The first-order chi connectivity index (χ1) is 10.0. The molecule has 0 aliphatic rings. The quantitative estimate of drug-likeness (QED) is 0.224. The first-order valence-corrected chi connectivity index (χ1v) is 8.14. The summed E-state index contributed by atoms with van der Waals surface area (Å²) in [5.41, 5.74) is 2.61. The monoisotopic (exact) mass is 355 g/mol. The highest BCUT2D eigenvalue weighted by Gasteiger charge is 2.16. The van der Waals surface area contributed by atoms with Crippen LogP contribution in [0.4, 0.5) is 0 Å². The lowest BCUT2D eigenvalue weighted by molar-refractivity contribution is -0.135. The van der Waals surface area contributed by atoms with Crippen LogP contribution in [0.15, 0.2) is 47.6 Å². The zero-order valence-electron chi connectivity index (χ0n) is 13.4. The molecule has 3 nitrogen and oxygen atoms in total. The lowest BCUT2D eigenvalue weighted by Gasteiger charge is -2.11. The molecule has 1 atom stereocenters. The molecule has 0 aromatic carbocycles. The Balaban J connectivity index is 4.85. The molecule has 4 heteroatoms. The van der Waals surface area contributed by atoms with Crippen molar-refractivity contribution in [2.75, 3.05) is 19.0 Å². The third-order valence-electron chi connectivity index (χ3n) is 3.13. The lowest BCUT2D eigenvalue weighted by atomic mass is 9.99. The SMILES string of the molecule is C=CC(C)NC/C=C/C/C(C)=C(C(=O)OC)\C(=C\C)CBr. The second-order valence-electron chi connectivity index (χ2n) is 4.70. The Morgan fingerprint density at radius 3 is 2.57 bits per heavy atom. The van der Waals surface area contributed by atoms with E-state index in [1.807, 2.05) is 26.0 Å². The van der Waals surface area contributed by atoms with Gasteiger partial charge in [-0.2, -0.15) is 0 Å². The van der Waals surface area contributed by atoms with Crippen molar-refractivity contribution < 1.29 is 9.53 Å². The van der Waals surface area contributed by atoms with Crippen LogP contribution in [0.2, 0.25) is 0 Å². The molecule has 0 aromatic heterocycles. The molecule has 0 saturated heterocycles. The van der Waals surface area contributed by atoms with E-state index in [0.717, 1.165) is 24.1 Å². The van der Waals surface area contributed by atoms with Crippen molar-refractivity contribution in [2.45, 2.75) is 33.2 Å². The zero-order valence-corrected chi connectivity index (χ0v) is 15.0. The van der Waals surface area contributed by atoms with Crippen LogP contribution in [0, 0.1) is 0 Å². The number of hydrogen-bond donors (Lipinski definition) is 1. The van der Waals surface area contributed by atoms with E-state index in [1.54, 1.807) is 0 Å². The zero-order chi connectivity index (χ0) is 16.3. The molecular formula is C17H26BrNO2. The van der Waals surface area contributed by atoms with E-state index in [1.165, 1.54) is 7.11 Å². The molecule has 1 N–H and O–H groups in total. The van der Waals surface area contributed by atoms with E-state index in [0.29, 0.717) is 16.9 Å². The maximum absolute atomic E-state index is 11.9. The van der Waals surface area contributed by atoms with Crippen LogP contribution in [0.1, 0.15) is 27.2 Å². The minimum absolute atomic E-state index is 0.285. The number of ether oxygens (including phenoxy) is 1. The van der Waals surface area contributed by atoms with E-state index in [2.05, 4.69) is 46.9 Å². The van der Waals surface area contributed by atoms with Gasteiger partial charge in [-0.15, -0.1) is 6.58 Å². The number of rotatable bonds is 9. The van der Waals surface area contributed by atoms with Crippen molar-refractivity contribution in [3.05, 3.63) is 47.6 Å². The van der Waals surface area contributed by atoms with E-state index >= 15 is 0 Å². The second kappa shape index (κ2) is 11.5. The summed E-state index contributed by atoms with van der Waals surface area (Å²) in [5.74, 6) is -0.285. The van der Waals surface area contributed by atoms with Crippen molar-refractivity contribution in [2.24, 2.45) is 0 Å². The fourth-order valence-electron chi connectivity index (χ4n) is 1.75. The number of alkyl halides is 1. The highest BCUT2D eigenvalue weighted by atomic mass is 79.9. The summed E-state index contributed by atoms with van der Waals surface area (Å²) in [4.78, 5) is 11.9. The number of carbonyl (C=O) groups excluding carboxylic acids is 1. The highest BCUT2D eigenvalue weighted by Crippen LogP contribution is 2.21. The number of hydrogen-bond acceptors (Lipinski definition) is 3. The Labute approximate surface area is 137 Å². The van der Waals surface area contributed by atoms with Gasteiger partial charge < -0.3 is 10.1 Å². The summed E-state index contributed by atoms with van der Waals surface area (Å²) < 4.78 is 4.89. The normalized spacial score (nSPS) is 14.8. The Morgan fingerprint density at radius 1 is 1.43 bits per heavy atom. The van der Waals surface area contributed by atoms with Crippen LogP contribution < -0.4 is 5.32 Å². The van der Waals surface area contributed by atoms with Gasteiger partial charge in [-0.25, -0.2) is 4.79 Å². The minimum Gasteiger partial charge on any atom is -0.465 e. The van der Waals surface area contributed by atoms with Crippen LogP contribution in [0.5, 0.6) is 0 Å². The first kappa shape index (κ1) is 19.9. The Kier molecular flexibility index (Phi) is 10.9. The van der Waals surface area contributed by atoms with E-state index in [4.69, 9.17) is 4.74 Å². The molecule has 0 saturated carbocycles. The van der Waals surface area contributed by atoms with Gasteiger partial charge in [0.2, 0.25) is 0 Å². The number of halogens is 1. The van der Waals surface area contributed by atoms with E-state index in [9.17, 15) is 4.79 Å². The predicted molar refractivity (Wildman–Crippen MR) is 93.7 cm³/mol. The molecule has 0 aromatic rings. The van der Waals surface area contributed by atoms with Gasteiger partial charge in [0.15, 0.2) is 0 Å². The van der Waals surface area contributed by atoms with Gasteiger partial charge in [0.25, 0.3) is 0 Å². The van der Waals surface area contributed by atoms with Crippen molar-refractivity contribution in [1.82, 2.24) is 5.32 Å². The molecule has 0 aliphatic carbocycles. The molecule has 118 valence electrons. The van der Waals surface area contributed by atoms with Gasteiger partial charge in [0.05, 0.1) is 12.7 Å². The number of nitrogens with one attached hydrogen (secondary N) is 1. The van der Waals surface area contributed by atoms with Crippen molar-refractivity contribution in [3.8, 4) is 0 Å². The molecule has 0 amide bonds. The van der Waals surface area contributed by atoms with Gasteiger partial charge in [0.1, 0.15) is 0 Å².